The minimum absolute atomic E-state index is 0.435. The maximum absolute atomic E-state index is 3.90. The highest BCUT2D eigenvalue weighted by atomic mass is 79.9. The summed E-state index contributed by atoms with van der Waals surface area (Å²) in [7, 11) is 4.52. The SMILES string of the molecule is C=CC[N+](C)(CC=C)C(Br)CCCCC(Br)[N+](C)(CC=C)CC=C. The Morgan fingerprint density at radius 2 is 0.917 bits per heavy atom. The number of alkyl halides is 2. The second kappa shape index (κ2) is 12.2. The number of quaternary nitrogens is 2. The summed E-state index contributed by atoms with van der Waals surface area (Å²) < 4.78 is 1.84. The Kier molecular flexibility index (Phi) is 12.2. The van der Waals surface area contributed by atoms with Gasteiger partial charge in [-0.3, -0.25) is 0 Å². The fourth-order valence-corrected chi connectivity index (χ4v) is 4.35. The summed E-state index contributed by atoms with van der Waals surface area (Å²) in [5.41, 5.74) is 0. The number of unbranched alkanes of at least 4 members (excludes halogenated alkanes) is 1. The van der Waals surface area contributed by atoms with Crippen LogP contribution in [0.4, 0.5) is 0 Å². The minimum atomic E-state index is 0.435. The number of halogens is 2. The maximum Gasteiger partial charge on any atom is 0.144 e. The Morgan fingerprint density at radius 1 is 0.667 bits per heavy atom. The summed E-state index contributed by atoms with van der Waals surface area (Å²) in [6.45, 7) is 19.4. The molecule has 2 atom stereocenters. The van der Waals surface area contributed by atoms with Gasteiger partial charge in [0.15, 0.2) is 0 Å². The Hall–Kier alpha value is -0.160. The van der Waals surface area contributed by atoms with Crippen LogP contribution in [0.5, 0.6) is 0 Å². The van der Waals surface area contributed by atoms with Gasteiger partial charge < -0.3 is 8.97 Å². The summed E-state index contributed by atoms with van der Waals surface area (Å²) in [6.07, 6.45) is 12.7. The molecule has 0 aliphatic carbocycles. The predicted molar refractivity (Wildman–Crippen MR) is 117 cm³/mol. The first kappa shape index (κ1) is 23.8. The third-order valence-corrected chi connectivity index (χ3v) is 7.57. The van der Waals surface area contributed by atoms with Crippen LogP contribution in [0, 0.1) is 0 Å². The van der Waals surface area contributed by atoms with E-state index in [9.17, 15) is 0 Å². The molecule has 0 amide bonds. The van der Waals surface area contributed by atoms with Gasteiger partial charge in [0.05, 0.1) is 40.3 Å². The molecule has 4 heteroatoms. The van der Waals surface area contributed by atoms with Crippen molar-refractivity contribution in [2.75, 3.05) is 40.3 Å². The van der Waals surface area contributed by atoms with E-state index in [0.717, 1.165) is 48.0 Å². The minimum Gasteiger partial charge on any atom is -0.308 e. The highest BCUT2D eigenvalue weighted by Crippen LogP contribution is 2.26. The molecular formula is C20H36Br2N2+2. The van der Waals surface area contributed by atoms with Gasteiger partial charge >= 0.3 is 0 Å². The molecule has 2 nitrogen and oxygen atoms in total. The number of nitrogens with zero attached hydrogens (tertiary/aromatic N) is 2. The molecule has 0 aromatic rings. The molecule has 0 radical (unpaired) electrons. The standard InChI is InChI=1S/C20H36Br2N2/c1-7-15-23(5,16-8-2)19(21)13-11-12-14-20(22)24(6,17-9-3)18-10-4/h7-10,19-20H,1-4,11-18H2,5-6H3/q+2. The van der Waals surface area contributed by atoms with E-state index in [4.69, 9.17) is 0 Å². The lowest BCUT2D eigenvalue weighted by Gasteiger charge is -2.38. The zero-order valence-corrected chi connectivity index (χ0v) is 18.8. The molecule has 0 aromatic carbocycles. The molecule has 0 aromatic heterocycles. The summed E-state index contributed by atoms with van der Waals surface area (Å²) in [5.74, 6) is 0. The lowest BCUT2D eigenvalue weighted by atomic mass is 10.1. The number of hydrogen-bond donors (Lipinski definition) is 0. The molecule has 0 saturated carbocycles. The highest BCUT2D eigenvalue weighted by molar-refractivity contribution is 9.09. The molecule has 0 saturated heterocycles. The topological polar surface area (TPSA) is 0 Å². The first-order valence-electron chi connectivity index (χ1n) is 8.69. The average Bonchev–Trinajstić information content (AvgIpc) is 2.52. The van der Waals surface area contributed by atoms with Gasteiger partial charge in [-0.1, -0.05) is 26.3 Å². The van der Waals surface area contributed by atoms with Crippen LogP contribution in [0.2, 0.25) is 0 Å². The van der Waals surface area contributed by atoms with Gasteiger partial charge in [0.25, 0.3) is 0 Å². The first-order valence-corrected chi connectivity index (χ1v) is 10.5. The molecule has 0 fully saturated rings. The normalized spacial score (nSPS) is 14.7. The van der Waals surface area contributed by atoms with E-state index in [1.54, 1.807) is 0 Å². The van der Waals surface area contributed by atoms with Gasteiger partial charge in [0.2, 0.25) is 0 Å². The van der Waals surface area contributed by atoms with Crippen molar-refractivity contribution in [2.24, 2.45) is 0 Å². The van der Waals surface area contributed by atoms with Crippen molar-refractivity contribution in [1.82, 2.24) is 0 Å². The largest absolute Gasteiger partial charge is 0.308 e. The van der Waals surface area contributed by atoms with Crippen LogP contribution >= 0.6 is 31.9 Å². The summed E-state index contributed by atoms with van der Waals surface area (Å²) in [6, 6.07) is 0. The zero-order chi connectivity index (χ0) is 18.6. The van der Waals surface area contributed by atoms with Crippen molar-refractivity contribution in [2.45, 2.75) is 35.6 Å². The highest BCUT2D eigenvalue weighted by Gasteiger charge is 2.29. The molecule has 0 aliphatic rings. The molecule has 0 spiro atoms. The molecule has 0 bridgehead atoms. The van der Waals surface area contributed by atoms with Crippen molar-refractivity contribution in [3.63, 3.8) is 0 Å². The molecule has 0 rings (SSSR count). The van der Waals surface area contributed by atoms with Crippen molar-refractivity contribution < 1.29 is 8.97 Å². The van der Waals surface area contributed by atoms with Gasteiger partial charge in [0.1, 0.15) is 9.90 Å². The molecule has 0 heterocycles. The molecule has 0 aliphatic heterocycles. The van der Waals surface area contributed by atoms with E-state index in [1.165, 1.54) is 12.8 Å². The Bertz CT molecular complexity index is 348. The molecule has 0 N–H and O–H groups in total. The monoisotopic (exact) mass is 462 g/mol. The fourth-order valence-electron chi connectivity index (χ4n) is 3.04. The lowest BCUT2D eigenvalue weighted by molar-refractivity contribution is -0.907. The summed E-state index contributed by atoms with van der Waals surface area (Å²) >= 11 is 7.79. The molecule has 138 valence electrons. The van der Waals surface area contributed by atoms with E-state index in [0.29, 0.717) is 9.90 Å². The average molecular weight is 464 g/mol. The van der Waals surface area contributed by atoms with Gasteiger partial charge in [-0.05, 0) is 69.0 Å². The Balaban J connectivity index is 4.44. The van der Waals surface area contributed by atoms with E-state index in [1.807, 2.05) is 24.3 Å². The molecular weight excluding hydrogens is 428 g/mol. The van der Waals surface area contributed by atoms with Crippen molar-refractivity contribution >= 4 is 31.9 Å². The van der Waals surface area contributed by atoms with Gasteiger partial charge in [-0.25, -0.2) is 0 Å². The zero-order valence-electron chi connectivity index (χ0n) is 15.6. The smallest absolute Gasteiger partial charge is 0.144 e. The van der Waals surface area contributed by atoms with Crippen LogP contribution in [0.25, 0.3) is 0 Å². The van der Waals surface area contributed by atoms with E-state index >= 15 is 0 Å². The summed E-state index contributed by atoms with van der Waals surface area (Å²) in [4.78, 5) is 0.869. The number of hydrogen-bond acceptors (Lipinski definition) is 0. The van der Waals surface area contributed by atoms with Crippen LogP contribution in [-0.2, 0) is 0 Å². The second-order valence-corrected chi connectivity index (χ2v) is 9.11. The van der Waals surface area contributed by atoms with E-state index < -0.39 is 0 Å². The third-order valence-electron chi connectivity index (χ3n) is 4.67. The molecule has 2 unspecified atom stereocenters. The molecule has 24 heavy (non-hydrogen) atoms. The van der Waals surface area contributed by atoms with Crippen molar-refractivity contribution in [1.29, 1.82) is 0 Å². The van der Waals surface area contributed by atoms with E-state index in [-0.39, 0.29) is 0 Å². The lowest BCUT2D eigenvalue weighted by Crippen LogP contribution is -2.50. The van der Waals surface area contributed by atoms with Crippen LogP contribution in [0.3, 0.4) is 0 Å². The Morgan fingerprint density at radius 3 is 1.12 bits per heavy atom. The van der Waals surface area contributed by atoms with Crippen LogP contribution in [0.1, 0.15) is 25.7 Å². The predicted octanol–water partition coefficient (Wildman–Crippen LogP) is 5.63. The van der Waals surface area contributed by atoms with Gasteiger partial charge in [-0.15, -0.1) is 0 Å². The van der Waals surface area contributed by atoms with Crippen LogP contribution < -0.4 is 0 Å². The van der Waals surface area contributed by atoms with Crippen LogP contribution in [0.15, 0.2) is 50.6 Å². The fraction of sp³-hybridized carbons (Fsp3) is 0.600. The first-order chi connectivity index (χ1) is 11.3. The van der Waals surface area contributed by atoms with Crippen molar-refractivity contribution in [3.05, 3.63) is 50.6 Å². The van der Waals surface area contributed by atoms with Crippen LogP contribution in [-0.4, -0.2) is 59.1 Å². The maximum atomic E-state index is 3.90. The van der Waals surface area contributed by atoms with Crippen molar-refractivity contribution in [3.8, 4) is 0 Å². The summed E-state index contributed by atoms with van der Waals surface area (Å²) in [5, 5.41) is 0. The van der Waals surface area contributed by atoms with Gasteiger partial charge in [-0.2, -0.15) is 0 Å². The third kappa shape index (κ3) is 7.81. The quantitative estimate of drug-likeness (QED) is 0.0970. The van der Waals surface area contributed by atoms with E-state index in [2.05, 4.69) is 72.3 Å². The van der Waals surface area contributed by atoms with Gasteiger partial charge in [0, 0.05) is 12.8 Å². The second-order valence-electron chi connectivity index (χ2n) is 7.00. The number of rotatable bonds is 15. The number of likely N-dealkylation sites (N-methyl/N-ethyl adjacent to an activating group) is 2. The Labute approximate surface area is 167 Å².